The van der Waals surface area contributed by atoms with Gasteiger partial charge in [0.05, 0.1) is 18.8 Å². The summed E-state index contributed by atoms with van der Waals surface area (Å²) in [6.07, 6.45) is 0.458. The van der Waals surface area contributed by atoms with Crippen LogP contribution in [0.2, 0.25) is 0 Å². The fraction of sp³-hybridized carbons (Fsp3) is 0.211. The summed E-state index contributed by atoms with van der Waals surface area (Å²) in [6, 6.07) is 14.2. The van der Waals surface area contributed by atoms with Gasteiger partial charge in [-0.05, 0) is 29.3 Å². The van der Waals surface area contributed by atoms with Gasteiger partial charge < -0.3 is 10.1 Å². The first-order chi connectivity index (χ1) is 12.6. The smallest absolute Gasteiger partial charge is 0.415 e. The van der Waals surface area contributed by atoms with E-state index in [1.54, 1.807) is 0 Å². The van der Waals surface area contributed by atoms with Crippen molar-refractivity contribution in [3.63, 3.8) is 0 Å². The lowest BCUT2D eigenvalue weighted by molar-refractivity contribution is 0.181. The van der Waals surface area contributed by atoms with E-state index in [0.717, 1.165) is 22.5 Å². The number of nitrogens with zero attached hydrogens (tertiary/aromatic N) is 3. The molecule has 4 rings (SSSR count). The van der Waals surface area contributed by atoms with Gasteiger partial charge >= 0.3 is 6.09 Å². The molecular formula is C19H17FN4O2. The minimum atomic E-state index is -0.659. The topological polar surface area (TPSA) is 67.3 Å². The van der Waals surface area contributed by atoms with Gasteiger partial charge in [-0.1, -0.05) is 36.4 Å². The highest BCUT2D eigenvalue weighted by Gasteiger charge is 2.28. The van der Waals surface area contributed by atoms with Crippen LogP contribution in [0.25, 0.3) is 10.8 Å². The Bertz CT molecular complexity index is 979. The van der Waals surface area contributed by atoms with Gasteiger partial charge in [0.2, 0.25) is 5.95 Å². The van der Waals surface area contributed by atoms with E-state index in [-0.39, 0.29) is 31.0 Å². The number of cyclic esters (lactones) is 1. The number of ether oxygens (including phenoxy) is 1. The highest BCUT2D eigenvalue weighted by atomic mass is 19.1. The van der Waals surface area contributed by atoms with Crippen molar-refractivity contribution >= 4 is 28.6 Å². The van der Waals surface area contributed by atoms with Crippen LogP contribution >= 0.6 is 0 Å². The molecule has 0 saturated carbocycles. The maximum absolute atomic E-state index is 14.0. The number of benzene rings is 2. The average Bonchev–Trinajstić information content (AvgIpc) is 3.08. The molecule has 1 atom stereocenters. The maximum Gasteiger partial charge on any atom is 0.415 e. The summed E-state index contributed by atoms with van der Waals surface area (Å²) in [7, 11) is 0. The Morgan fingerprint density at radius 1 is 1.23 bits per heavy atom. The third-order valence-corrected chi connectivity index (χ3v) is 4.36. The second kappa shape index (κ2) is 6.59. The number of carbonyl (C=O) groups excluding carboxylic acids is 1. The van der Waals surface area contributed by atoms with E-state index in [0.29, 0.717) is 0 Å². The number of aromatic nitrogens is 2. The monoisotopic (exact) mass is 352 g/mol. The van der Waals surface area contributed by atoms with Crippen LogP contribution in [0.3, 0.4) is 0 Å². The number of amides is 1. The number of anilines is 2. The van der Waals surface area contributed by atoms with Crippen LogP contribution in [-0.2, 0) is 4.74 Å². The fourth-order valence-electron chi connectivity index (χ4n) is 2.96. The first-order valence-electron chi connectivity index (χ1n) is 8.34. The molecule has 1 amide bonds. The molecule has 1 aromatic heterocycles. The summed E-state index contributed by atoms with van der Waals surface area (Å²) in [5.74, 6) is -0.481. The van der Waals surface area contributed by atoms with Crippen molar-refractivity contribution in [3.8, 4) is 0 Å². The molecule has 2 aromatic carbocycles. The van der Waals surface area contributed by atoms with Crippen LogP contribution in [0.5, 0.6) is 0 Å². The van der Waals surface area contributed by atoms with Crippen molar-refractivity contribution in [2.75, 3.05) is 23.4 Å². The van der Waals surface area contributed by atoms with Crippen LogP contribution in [0, 0.1) is 5.82 Å². The summed E-state index contributed by atoms with van der Waals surface area (Å²) in [4.78, 5) is 21.0. The number of rotatable bonds is 4. The molecule has 0 aliphatic carbocycles. The second-order valence-corrected chi connectivity index (χ2v) is 6.10. The Morgan fingerprint density at radius 2 is 2.04 bits per heavy atom. The summed E-state index contributed by atoms with van der Waals surface area (Å²) in [5.41, 5.74) is 1.05. The highest BCUT2D eigenvalue weighted by Crippen LogP contribution is 2.25. The van der Waals surface area contributed by atoms with E-state index in [2.05, 4.69) is 39.6 Å². The highest BCUT2D eigenvalue weighted by molar-refractivity contribution is 5.88. The summed E-state index contributed by atoms with van der Waals surface area (Å²) >= 11 is 0. The molecule has 0 unspecified atom stereocenters. The van der Waals surface area contributed by atoms with Crippen molar-refractivity contribution in [2.45, 2.75) is 13.0 Å². The zero-order valence-corrected chi connectivity index (χ0v) is 14.1. The minimum absolute atomic E-state index is 0.0734. The summed E-state index contributed by atoms with van der Waals surface area (Å²) in [5, 5.41) is 5.46. The Hall–Kier alpha value is -3.22. The van der Waals surface area contributed by atoms with Gasteiger partial charge in [0, 0.05) is 0 Å². The van der Waals surface area contributed by atoms with Crippen molar-refractivity contribution in [3.05, 3.63) is 60.0 Å². The first kappa shape index (κ1) is 16.3. The zero-order valence-electron chi connectivity index (χ0n) is 14.1. The lowest BCUT2D eigenvalue weighted by Crippen LogP contribution is -2.26. The van der Waals surface area contributed by atoms with Crippen molar-refractivity contribution < 1.29 is 13.9 Å². The molecule has 6 nitrogen and oxygen atoms in total. The van der Waals surface area contributed by atoms with Crippen molar-refractivity contribution in [1.29, 1.82) is 0 Å². The van der Waals surface area contributed by atoms with Crippen LogP contribution in [0.1, 0.15) is 18.5 Å². The van der Waals surface area contributed by atoms with E-state index in [1.165, 1.54) is 4.90 Å². The quantitative estimate of drug-likeness (QED) is 0.771. The largest absolute Gasteiger partial charge is 0.447 e. The molecule has 1 fully saturated rings. The molecule has 2 heterocycles. The predicted octanol–water partition coefficient (Wildman–Crippen LogP) is 3.90. The first-order valence-corrected chi connectivity index (χ1v) is 8.34. The second-order valence-electron chi connectivity index (χ2n) is 6.10. The number of fused-ring (bicyclic) bond motifs is 1. The van der Waals surface area contributed by atoms with Gasteiger partial charge in [0.25, 0.3) is 0 Å². The predicted molar refractivity (Wildman–Crippen MR) is 96.7 cm³/mol. The number of hydrogen-bond donors (Lipinski definition) is 1. The zero-order chi connectivity index (χ0) is 18.1. The number of nitrogens with one attached hydrogen (secondary N) is 1. The number of carbonyl (C=O) groups is 1. The van der Waals surface area contributed by atoms with Crippen molar-refractivity contribution in [1.82, 2.24) is 9.97 Å². The molecule has 0 spiro atoms. The molecule has 3 aromatic rings. The number of halogens is 1. The third kappa shape index (κ3) is 3.03. The molecule has 1 aliphatic heterocycles. The SMILES string of the molecule is C[C@H](Nc1ncc(F)c(N2CCOC2=O)n1)c1ccc2ccccc2c1. The average molecular weight is 352 g/mol. The van der Waals surface area contributed by atoms with Gasteiger partial charge in [-0.2, -0.15) is 4.98 Å². The summed E-state index contributed by atoms with van der Waals surface area (Å²) in [6.45, 7) is 2.46. The molecule has 1 saturated heterocycles. The molecule has 0 bridgehead atoms. The molecule has 132 valence electrons. The van der Waals surface area contributed by atoms with Gasteiger partial charge in [-0.3, -0.25) is 4.90 Å². The minimum Gasteiger partial charge on any atom is -0.447 e. The van der Waals surface area contributed by atoms with Gasteiger partial charge in [0.15, 0.2) is 11.6 Å². The Labute approximate surface area is 149 Å². The lowest BCUT2D eigenvalue weighted by atomic mass is 10.0. The van der Waals surface area contributed by atoms with Crippen molar-refractivity contribution in [2.24, 2.45) is 0 Å². The molecule has 0 radical (unpaired) electrons. The van der Waals surface area contributed by atoms with E-state index >= 15 is 0 Å². The normalized spacial score (nSPS) is 15.2. The van der Waals surface area contributed by atoms with Gasteiger partial charge in [-0.15, -0.1) is 0 Å². The van der Waals surface area contributed by atoms with Gasteiger partial charge in [-0.25, -0.2) is 14.2 Å². The standard InChI is InChI=1S/C19H17FN4O2/c1-12(14-7-6-13-4-2-3-5-15(13)10-14)22-18-21-11-16(20)17(23-18)24-8-9-26-19(24)25/h2-7,10-12H,8-9H2,1H3,(H,21,22,23)/t12-/m0/s1. The molecular weight excluding hydrogens is 335 g/mol. The Balaban J connectivity index is 1.58. The van der Waals surface area contributed by atoms with E-state index in [1.807, 2.05) is 25.1 Å². The number of hydrogen-bond acceptors (Lipinski definition) is 5. The summed E-state index contributed by atoms with van der Waals surface area (Å²) < 4.78 is 18.9. The lowest BCUT2D eigenvalue weighted by Gasteiger charge is -2.17. The fourth-order valence-corrected chi connectivity index (χ4v) is 2.96. The van der Waals surface area contributed by atoms with Crippen LogP contribution in [-0.4, -0.2) is 29.2 Å². The maximum atomic E-state index is 14.0. The van der Waals surface area contributed by atoms with Crippen LogP contribution in [0.4, 0.5) is 21.0 Å². The van der Waals surface area contributed by atoms with E-state index < -0.39 is 11.9 Å². The van der Waals surface area contributed by atoms with Crippen LogP contribution in [0.15, 0.2) is 48.7 Å². The van der Waals surface area contributed by atoms with E-state index in [9.17, 15) is 9.18 Å². The molecule has 26 heavy (non-hydrogen) atoms. The Morgan fingerprint density at radius 3 is 2.81 bits per heavy atom. The molecule has 7 heteroatoms. The van der Waals surface area contributed by atoms with Gasteiger partial charge in [0.1, 0.15) is 6.61 Å². The van der Waals surface area contributed by atoms with Crippen LogP contribution < -0.4 is 10.2 Å². The molecule has 1 N–H and O–H groups in total. The van der Waals surface area contributed by atoms with E-state index in [4.69, 9.17) is 4.74 Å². The molecule has 1 aliphatic rings. The Kier molecular flexibility index (Phi) is 4.12. The third-order valence-electron chi connectivity index (χ3n) is 4.36.